The molecule has 2 aromatic carbocycles. The van der Waals surface area contributed by atoms with Crippen molar-refractivity contribution in [2.45, 2.75) is 55.4 Å². The van der Waals surface area contributed by atoms with Crippen LogP contribution in [0.3, 0.4) is 0 Å². The van der Waals surface area contributed by atoms with Gasteiger partial charge < -0.3 is 19.4 Å². The highest BCUT2D eigenvalue weighted by atomic mass is 32.2. The quantitative estimate of drug-likeness (QED) is 0.276. The molecule has 0 bridgehead atoms. The highest BCUT2D eigenvalue weighted by molar-refractivity contribution is 8.02. The standard InChI is InChI=1S/C21H20FNO3S2.C5H12O/c1-21(2,13-24)28-20-23-18(12-27-20)19(25)11-26-17-9-5-15(6-10-17)14-3-7-16(22)8-4-14;1-5(2,3)6-4/h3-10,12-13,19,25H,11H2,1-2H3;1-4H3. The number of rotatable bonds is 8. The number of aldehydes is 1. The lowest BCUT2D eigenvalue weighted by Gasteiger charge is -2.14. The van der Waals surface area contributed by atoms with Crippen LogP contribution in [0.25, 0.3) is 11.1 Å². The van der Waals surface area contributed by atoms with Crippen LogP contribution in [-0.4, -0.2) is 40.4 Å². The SMILES string of the molecule is CC(C)(C=O)Sc1nc(C(O)COc2ccc(-c3ccc(F)cc3)cc2)cs1.COC(C)(C)C. The number of aromatic nitrogens is 1. The number of ether oxygens (including phenoxy) is 2. The molecule has 0 spiro atoms. The first-order valence-electron chi connectivity index (χ1n) is 10.8. The van der Waals surface area contributed by atoms with Crippen molar-refractivity contribution < 1.29 is 23.8 Å². The third-order valence-electron chi connectivity index (χ3n) is 4.53. The van der Waals surface area contributed by atoms with Crippen LogP contribution in [0.1, 0.15) is 46.4 Å². The van der Waals surface area contributed by atoms with Gasteiger partial charge in [0.25, 0.3) is 0 Å². The first kappa shape index (κ1) is 28.0. The van der Waals surface area contributed by atoms with Crippen molar-refractivity contribution >= 4 is 29.4 Å². The van der Waals surface area contributed by atoms with Gasteiger partial charge in [-0.2, -0.15) is 0 Å². The number of carbonyl (C=O) groups excluding carboxylic acids is 1. The van der Waals surface area contributed by atoms with Gasteiger partial charge in [-0.1, -0.05) is 36.0 Å². The Hall–Kier alpha value is -2.26. The predicted molar refractivity (Wildman–Crippen MR) is 137 cm³/mol. The minimum atomic E-state index is -0.860. The Bertz CT molecular complexity index is 1030. The van der Waals surface area contributed by atoms with Crippen LogP contribution in [0.2, 0.25) is 0 Å². The Labute approximate surface area is 209 Å². The van der Waals surface area contributed by atoms with E-state index >= 15 is 0 Å². The summed E-state index contributed by atoms with van der Waals surface area (Å²) >= 11 is 2.76. The van der Waals surface area contributed by atoms with E-state index in [2.05, 4.69) is 4.98 Å². The molecule has 1 unspecified atom stereocenters. The molecule has 0 aliphatic carbocycles. The maximum Gasteiger partial charge on any atom is 0.151 e. The largest absolute Gasteiger partial charge is 0.490 e. The van der Waals surface area contributed by atoms with Crippen molar-refractivity contribution in [2.24, 2.45) is 0 Å². The second-order valence-corrected chi connectivity index (χ2v) is 11.8. The maximum atomic E-state index is 13.0. The first-order valence-corrected chi connectivity index (χ1v) is 12.4. The molecule has 3 aromatic rings. The fourth-order valence-corrected chi connectivity index (χ4v) is 4.58. The van der Waals surface area contributed by atoms with E-state index in [1.807, 2.05) is 46.8 Å². The minimum Gasteiger partial charge on any atom is -0.490 e. The number of benzene rings is 2. The van der Waals surface area contributed by atoms with Gasteiger partial charge in [0.2, 0.25) is 0 Å². The molecule has 0 saturated carbocycles. The van der Waals surface area contributed by atoms with E-state index in [-0.39, 0.29) is 18.0 Å². The fraction of sp³-hybridized carbons (Fsp3) is 0.385. The number of aliphatic hydroxyl groups excluding tert-OH is 1. The number of methoxy groups -OCH3 is 1. The molecule has 1 heterocycles. The smallest absolute Gasteiger partial charge is 0.151 e. The Balaban J connectivity index is 0.000000604. The van der Waals surface area contributed by atoms with E-state index in [0.717, 1.165) is 21.8 Å². The monoisotopic (exact) mass is 505 g/mol. The predicted octanol–water partition coefficient (Wildman–Crippen LogP) is 6.56. The van der Waals surface area contributed by atoms with Crippen LogP contribution >= 0.6 is 23.1 Å². The summed E-state index contributed by atoms with van der Waals surface area (Å²) in [5.41, 5.74) is 2.43. The second kappa shape index (κ2) is 12.4. The molecule has 5 nitrogen and oxygen atoms in total. The topological polar surface area (TPSA) is 68.7 Å². The lowest BCUT2D eigenvalue weighted by molar-refractivity contribution is -0.109. The van der Waals surface area contributed by atoms with Gasteiger partial charge in [-0.15, -0.1) is 11.3 Å². The number of carbonyl (C=O) groups is 1. The van der Waals surface area contributed by atoms with Gasteiger partial charge in [0, 0.05) is 12.5 Å². The highest BCUT2D eigenvalue weighted by Crippen LogP contribution is 2.34. The summed E-state index contributed by atoms with van der Waals surface area (Å²) in [4.78, 5) is 15.4. The van der Waals surface area contributed by atoms with Crippen LogP contribution in [-0.2, 0) is 9.53 Å². The van der Waals surface area contributed by atoms with Crippen LogP contribution in [0.4, 0.5) is 4.39 Å². The first-order chi connectivity index (χ1) is 15.9. The number of hydrogen-bond acceptors (Lipinski definition) is 7. The molecule has 34 heavy (non-hydrogen) atoms. The molecule has 0 aliphatic heterocycles. The van der Waals surface area contributed by atoms with Gasteiger partial charge in [-0.25, -0.2) is 9.37 Å². The minimum absolute atomic E-state index is 0.0417. The summed E-state index contributed by atoms with van der Waals surface area (Å²) in [6.45, 7) is 9.77. The number of thioether (sulfide) groups is 1. The molecule has 184 valence electrons. The lowest BCUT2D eigenvalue weighted by Crippen LogP contribution is -2.15. The van der Waals surface area contributed by atoms with E-state index in [1.54, 1.807) is 36.8 Å². The zero-order valence-corrected chi connectivity index (χ0v) is 22.0. The molecule has 3 rings (SSSR count). The molecule has 8 heteroatoms. The Morgan fingerprint density at radius 3 is 2.09 bits per heavy atom. The van der Waals surface area contributed by atoms with Gasteiger partial charge >= 0.3 is 0 Å². The second-order valence-electron chi connectivity index (χ2n) is 9.04. The van der Waals surface area contributed by atoms with Crippen LogP contribution in [0.5, 0.6) is 5.75 Å². The Morgan fingerprint density at radius 1 is 1.06 bits per heavy atom. The third kappa shape index (κ3) is 9.54. The van der Waals surface area contributed by atoms with Crippen LogP contribution < -0.4 is 4.74 Å². The molecule has 0 radical (unpaired) electrons. The molecule has 0 saturated heterocycles. The summed E-state index contributed by atoms with van der Waals surface area (Å²) in [6, 6.07) is 13.7. The van der Waals surface area contributed by atoms with Gasteiger partial charge in [0.1, 0.15) is 30.6 Å². The molecule has 1 N–H and O–H groups in total. The van der Waals surface area contributed by atoms with E-state index in [9.17, 15) is 14.3 Å². The molecular formula is C26H32FNO4S2. The lowest BCUT2D eigenvalue weighted by atomic mass is 10.1. The molecule has 0 fully saturated rings. The fourth-order valence-electron chi connectivity index (χ4n) is 2.36. The zero-order chi connectivity index (χ0) is 25.4. The number of nitrogens with zero attached hydrogens (tertiary/aromatic N) is 1. The van der Waals surface area contributed by atoms with Crippen molar-refractivity contribution in [3.05, 3.63) is 65.4 Å². The number of halogens is 1. The summed E-state index contributed by atoms with van der Waals surface area (Å²) in [5, 5.41) is 12.1. The van der Waals surface area contributed by atoms with E-state index < -0.39 is 10.9 Å². The van der Waals surface area contributed by atoms with Gasteiger partial charge in [0.05, 0.1) is 16.0 Å². The van der Waals surface area contributed by atoms with Crippen LogP contribution in [0.15, 0.2) is 58.3 Å². The maximum absolute atomic E-state index is 13.0. The Morgan fingerprint density at radius 2 is 1.59 bits per heavy atom. The summed E-state index contributed by atoms with van der Waals surface area (Å²) in [6.07, 6.45) is 0.0233. The normalized spacial score (nSPS) is 12.5. The summed E-state index contributed by atoms with van der Waals surface area (Å²) < 4.78 is 23.8. The molecule has 0 aliphatic rings. The number of aliphatic hydroxyl groups is 1. The van der Waals surface area contributed by atoms with E-state index in [4.69, 9.17) is 9.47 Å². The van der Waals surface area contributed by atoms with Crippen molar-refractivity contribution in [3.8, 4) is 16.9 Å². The van der Waals surface area contributed by atoms with Gasteiger partial charge in [-0.05, 0) is 70.0 Å². The third-order valence-corrected chi connectivity index (χ3v) is 6.61. The number of thiazole rings is 1. The number of hydrogen-bond donors (Lipinski definition) is 1. The van der Waals surface area contributed by atoms with E-state index in [1.165, 1.54) is 35.2 Å². The van der Waals surface area contributed by atoms with Crippen LogP contribution in [0, 0.1) is 5.82 Å². The average Bonchev–Trinajstić information content (AvgIpc) is 3.26. The Kier molecular flexibility index (Phi) is 10.2. The van der Waals surface area contributed by atoms with Crippen molar-refractivity contribution in [1.29, 1.82) is 0 Å². The molecule has 1 atom stereocenters. The molecular weight excluding hydrogens is 473 g/mol. The van der Waals surface area contributed by atoms with Gasteiger partial charge in [0.15, 0.2) is 4.34 Å². The van der Waals surface area contributed by atoms with E-state index in [0.29, 0.717) is 11.4 Å². The van der Waals surface area contributed by atoms with Crippen molar-refractivity contribution in [1.82, 2.24) is 4.98 Å². The van der Waals surface area contributed by atoms with Crippen molar-refractivity contribution in [2.75, 3.05) is 13.7 Å². The van der Waals surface area contributed by atoms with Crippen molar-refractivity contribution in [3.63, 3.8) is 0 Å². The molecule has 1 aromatic heterocycles. The van der Waals surface area contributed by atoms with Gasteiger partial charge in [-0.3, -0.25) is 0 Å². The highest BCUT2D eigenvalue weighted by Gasteiger charge is 2.21. The zero-order valence-electron chi connectivity index (χ0n) is 20.4. The molecule has 0 amide bonds. The summed E-state index contributed by atoms with van der Waals surface area (Å²) in [5.74, 6) is 0.354. The summed E-state index contributed by atoms with van der Waals surface area (Å²) in [7, 11) is 1.71. The average molecular weight is 506 g/mol.